The minimum absolute atomic E-state index is 0.727. The summed E-state index contributed by atoms with van der Waals surface area (Å²) in [5.74, 6) is 1.69. The van der Waals surface area contributed by atoms with Crippen molar-refractivity contribution in [1.82, 2.24) is 5.32 Å². The summed E-state index contributed by atoms with van der Waals surface area (Å²) >= 11 is 5.94. The Balaban J connectivity index is 2.21. The van der Waals surface area contributed by atoms with Gasteiger partial charge in [0.25, 0.3) is 0 Å². The van der Waals surface area contributed by atoms with E-state index in [9.17, 15) is 0 Å². The molecule has 0 atom stereocenters. The molecule has 0 aliphatic rings. The smallest absolute Gasteiger partial charge is 0.130 e. The topological polar surface area (TPSA) is 21.3 Å². The van der Waals surface area contributed by atoms with Crippen molar-refractivity contribution < 1.29 is 4.74 Å². The third-order valence-electron chi connectivity index (χ3n) is 3.05. The summed E-state index contributed by atoms with van der Waals surface area (Å²) in [6.45, 7) is 4.95. The van der Waals surface area contributed by atoms with Crippen molar-refractivity contribution >= 4 is 11.6 Å². The lowest BCUT2D eigenvalue weighted by Gasteiger charge is -2.11. The van der Waals surface area contributed by atoms with Crippen molar-refractivity contribution in [3.05, 3.63) is 58.1 Å². The second-order valence-electron chi connectivity index (χ2n) is 4.63. The van der Waals surface area contributed by atoms with E-state index in [-0.39, 0.29) is 0 Å². The van der Waals surface area contributed by atoms with E-state index in [1.54, 1.807) is 0 Å². The van der Waals surface area contributed by atoms with Crippen LogP contribution in [0.15, 0.2) is 36.4 Å². The molecule has 0 bridgehead atoms. The summed E-state index contributed by atoms with van der Waals surface area (Å²) in [5.41, 5.74) is 3.53. The highest BCUT2D eigenvalue weighted by Crippen LogP contribution is 2.28. The Labute approximate surface area is 119 Å². The zero-order chi connectivity index (χ0) is 13.8. The second kappa shape index (κ2) is 6.09. The van der Waals surface area contributed by atoms with Crippen LogP contribution in [0.5, 0.6) is 11.5 Å². The lowest BCUT2D eigenvalue weighted by atomic mass is 10.1. The predicted octanol–water partition coefficient (Wildman–Crippen LogP) is 4.47. The molecule has 2 aromatic carbocycles. The fourth-order valence-corrected chi connectivity index (χ4v) is 2.20. The first kappa shape index (κ1) is 13.9. The van der Waals surface area contributed by atoms with Gasteiger partial charge < -0.3 is 10.1 Å². The summed E-state index contributed by atoms with van der Waals surface area (Å²) in [6, 6.07) is 11.8. The van der Waals surface area contributed by atoms with Gasteiger partial charge in [-0.05, 0) is 67.9 Å². The van der Waals surface area contributed by atoms with Gasteiger partial charge in [0, 0.05) is 11.6 Å². The van der Waals surface area contributed by atoms with Gasteiger partial charge >= 0.3 is 0 Å². The van der Waals surface area contributed by atoms with Crippen LogP contribution in [0.1, 0.15) is 16.7 Å². The first-order chi connectivity index (χ1) is 9.10. The predicted molar refractivity (Wildman–Crippen MR) is 80.2 cm³/mol. The molecular formula is C16H18ClNO. The van der Waals surface area contributed by atoms with E-state index in [2.05, 4.69) is 24.4 Å². The Kier molecular flexibility index (Phi) is 4.46. The summed E-state index contributed by atoms with van der Waals surface area (Å²) in [6.07, 6.45) is 0. The van der Waals surface area contributed by atoms with E-state index in [1.807, 2.05) is 38.2 Å². The van der Waals surface area contributed by atoms with Gasteiger partial charge in [-0.2, -0.15) is 0 Å². The Morgan fingerprint density at radius 1 is 1.05 bits per heavy atom. The first-order valence-corrected chi connectivity index (χ1v) is 6.66. The number of aryl methyl sites for hydroxylation is 2. The average Bonchev–Trinajstić information content (AvgIpc) is 2.36. The largest absolute Gasteiger partial charge is 0.457 e. The molecule has 0 spiro atoms. The lowest BCUT2D eigenvalue weighted by molar-refractivity contribution is 0.478. The molecule has 0 saturated carbocycles. The summed E-state index contributed by atoms with van der Waals surface area (Å²) < 4.78 is 5.90. The number of nitrogens with one attached hydrogen (secondary N) is 1. The Morgan fingerprint density at radius 2 is 1.84 bits per heavy atom. The van der Waals surface area contributed by atoms with E-state index in [0.29, 0.717) is 0 Å². The first-order valence-electron chi connectivity index (χ1n) is 6.28. The molecule has 0 heterocycles. The maximum Gasteiger partial charge on any atom is 0.130 e. The van der Waals surface area contributed by atoms with Crippen molar-refractivity contribution in [2.24, 2.45) is 0 Å². The SMILES string of the molecule is CNCc1ccc(Oc2ccc(Cl)cc2C)cc1C. The van der Waals surface area contributed by atoms with Gasteiger partial charge in [-0.15, -0.1) is 0 Å². The van der Waals surface area contributed by atoms with Crippen molar-refractivity contribution in [1.29, 1.82) is 0 Å². The number of hydrogen-bond donors (Lipinski definition) is 1. The van der Waals surface area contributed by atoms with Crippen LogP contribution in [0.25, 0.3) is 0 Å². The maximum atomic E-state index is 5.94. The molecule has 0 unspecified atom stereocenters. The molecule has 0 aliphatic heterocycles. The van der Waals surface area contributed by atoms with E-state index in [1.165, 1.54) is 11.1 Å². The number of halogens is 1. The molecule has 0 radical (unpaired) electrons. The quantitative estimate of drug-likeness (QED) is 0.889. The van der Waals surface area contributed by atoms with Crippen molar-refractivity contribution in [3.8, 4) is 11.5 Å². The zero-order valence-electron chi connectivity index (χ0n) is 11.5. The van der Waals surface area contributed by atoms with Gasteiger partial charge in [0.2, 0.25) is 0 Å². The molecule has 19 heavy (non-hydrogen) atoms. The molecule has 0 aliphatic carbocycles. The van der Waals surface area contributed by atoms with Crippen LogP contribution in [0.3, 0.4) is 0 Å². The van der Waals surface area contributed by atoms with Crippen LogP contribution in [0.4, 0.5) is 0 Å². The Hall–Kier alpha value is -1.51. The van der Waals surface area contributed by atoms with Crippen LogP contribution in [0.2, 0.25) is 5.02 Å². The van der Waals surface area contributed by atoms with Gasteiger partial charge in [0.1, 0.15) is 11.5 Å². The van der Waals surface area contributed by atoms with Crippen LogP contribution in [0, 0.1) is 13.8 Å². The number of rotatable bonds is 4. The molecule has 0 fully saturated rings. The standard InChI is InChI=1S/C16H18ClNO/c1-11-9-15(6-4-13(11)10-18-3)19-16-7-5-14(17)8-12(16)2/h4-9,18H,10H2,1-3H3. The minimum Gasteiger partial charge on any atom is -0.457 e. The molecule has 2 nitrogen and oxygen atoms in total. The van der Waals surface area contributed by atoms with Crippen molar-refractivity contribution in [2.45, 2.75) is 20.4 Å². The third-order valence-corrected chi connectivity index (χ3v) is 3.28. The second-order valence-corrected chi connectivity index (χ2v) is 5.07. The monoisotopic (exact) mass is 275 g/mol. The van der Waals surface area contributed by atoms with Gasteiger partial charge in [0.05, 0.1) is 0 Å². The zero-order valence-corrected chi connectivity index (χ0v) is 12.2. The van der Waals surface area contributed by atoms with Crippen molar-refractivity contribution in [3.63, 3.8) is 0 Å². The maximum absolute atomic E-state index is 5.94. The molecule has 3 heteroatoms. The van der Waals surface area contributed by atoms with Crippen molar-refractivity contribution in [2.75, 3.05) is 7.05 Å². The number of hydrogen-bond acceptors (Lipinski definition) is 2. The minimum atomic E-state index is 0.727. The van der Waals surface area contributed by atoms with E-state index in [4.69, 9.17) is 16.3 Å². The third kappa shape index (κ3) is 3.49. The molecule has 2 aromatic rings. The molecule has 0 amide bonds. The van der Waals surface area contributed by atoms with Gasteiger partial charge in [-0.1, -0.05) is 17.7 Å². The van der Waals surface area contributed by atoms with E-state index < -0.39 is 0 Å². The Bertz CT molecular complexity index is 581. The number of ether oxygens (including phenoxy) is 1. The molecule has 100 valence electrons. The summed E-state index contributed by atoms with van der Waals surface area (Å²) in [4.78, 5) is 0. The highest BCUT2D eigenvalue weighted by atomic mass is 35.5. The average molecular weight is 276 g/mol. The van der Waals surface area contributed by atoms with Gasteiger partial charge in [-0.25, -0.2) is 0 Å². The summed E-state index contributed by atoms with van der Waals surface area (Å²) in [7, 11) is 1.95. The van der Waals surface area contributed by atoms with Gasteiger partial charge in [-0.3, -0.25) is 0 Å². The van der Waals surface area contributed by atoms with Crippen LogP contribution in [-0.2, 0) is 6.54 Å². The molecule has 0 aromatic heterocycles. The summed E-state index contributed by atoms with van der Waals surface area (Å²) in [5, 5.41) is 3.88. The van der Waals surface area contributed by atoms with E-state index in [0.717, 1.165) is 28.6 Å². The molecular weight excluding hydrogens is 258 g/mol. The fourth-order valence-electron chi connectivity index (χ4n) is 1.97. The molecule has 2 rings (SSSR count). The highest BCUT2D eigenvalue weighted by Gasteiger charge is 2.04. The highest BCUT2D eigenvalue weighted by molar-refractivity contribution is 6.30. The molecule has 0 saturated heterocycles. The van der Waals surface area contributed by atoms with Gasteiger partial charge in [0.15, 0.2) is 0 Å². The van der Waals surface area contributed by atoms with Crippen LogP contribution < -0.4 is 10.1 Å². The lowest BCUT2D eigenvalue weighted by Crippen LogP contribution is -2.06. The van der Waals surface area contributed by atoms with E-state index >= 15 is 0 Å². The normalized spacial score (nSPS) is 10.5. The fraction of sp³-hybridized carbons (Fsp3) is 0.250. The molecule has 1 N–H and O–H groups in total. The Morgan fingerprint density at radius 3 is 2.47 bits per heavy atom. The van der Waals surface area contributed by atoms with Crippen LogP contribution >= 0.6 is 11.6 Å². The van der Waals surface area contributed by atoms with Crippen LogP contribution in [-0.4, -0.2) is 7.05 Å². The number of benzene rings is 2.